The van der Waals surface area contributed by atoms with Gasteiger partial charge in [-0.15, -0.1) is 0 Å². The third kappa shape index (κ3) is 5.96. The Hall–Kier alpha value is -1.63. The second-order valence-corrected chi connectivity index (χ2v) is 9.76. The number of nitrogens with zero attached hydrogens (tertiary/aromatic N) is 2. The zero-order valence-corrected chi connectivity index (χ0v) is 19.4. The largest absolute Gasteiger partial charge is 0.487 e. The molecule has 0 amide bonds. The summed E-state index contributed by atoms with van der Waals surface area (Å²) in [6.45, 7) is 7.76. The fourth-order valence-electron chi connectivity index (χ4n) is 3.51. The molecule has 0 aromatic heterocycles. The number of benzene rings is 1. The number of ether oxygens (including phenoxy) is 2. The highest BCUT2D eigenvalue weighted by atomic mass is 32.2. The Balaban J connectivity index is 2.53. The number of fused-ring (bicyclic) bond motifs is 1. The van der Waals surface area contributed by atoms with Crippen molar-refractivity contribution < 1.29 is 23.0 Å². The highest BCUT2D eigenvalue weighted by Crippen LogP contribution is 2.34. The Labute approximate surface area is 181 Å². The topological polar surface area (TPSA) is 79.3 Å². The van der Waals surface area contributed by atoms with Gasteiger partial charge in [-0.05, 0) is 45.1 Å². The average molecular weight is 439 g/mol. The van der Waals surface area contributed by atoms with Gasteiger partial charge in [0.1, 0.15) is 23.4 Å². The Kier molecular flexibility index (Phi) is 9.13. The van der Waals surface area contributed by atoms with Crippen molar-refractivity contribution in [3.8, 4) is 17.6 Å². The van der Waals surface area contributed by atoms with Crippen LogP contribution in [-0.4, -0.2) is 81.9 Å². The molecule has 1 N–H and O–H groups in total. The van der Waals surface area contributed by atoms with Crippen molar-refractivity contribution >= 4 is 10.0 Å². The van der Waals surface area contributed by atoms with E-state index in [1.165, 1.54) is 4.31 Å². The first kappa shape index (κ1) is 24.6. The van der Waals surface area contributed by atoms with E-state index in [4.69, 9.17) is 9.47 Å². The highest BCUT2D eigenvalue weighted by Gasteiger charge is 2.38. The molecule has 168 valence electrons. The van der Waals surface area contributed by atoms with Crippen molar-refractivity contribution in [2.75, 3.05) is 47.0 Å². The molecule has 0 spiro atoms. The van der Waals surface area contributed by atoms with Gasteiger partial charge in [-0.2, -0.15) is 4.31 Å². The minimum atomic E-state index is -3.83. The first-order valence-electron chi connectivity index (χ1n) is 10.3. The number of likely N-dealkylation sites (N-methyl/N-ethyl adjacent to an activating group) is 1. The number of sulfonamides is 1. The second-order valence-electron chi connectivity index (χ2n) is 7.90. The minimum absolute atomic E-state index is 0.0653. The molecule has 0 bridgehead atoms. The van der Waals surface area contributed by atoms with Crippen LogP contribution in [0.3, 0.4) is 0 Å². The smallest absolute Gasteiger partial charge is 0.247 e. The maximum Gasteiger partial charge on any atom is 0.247 e. The van der Waals surface area contributed by atoms with Crippen LogP contribution >= 0.6 is 0 Å². The lowest BCUT2D eigenvalue weighted by atomic mass is 10.0. The van der Waals surface area contributed by atoms with E-state index in [-0.39, 0.29) is 30.1 Å². The molecule has 1 aromatic rings. The van der Waals surface area contributed by atoms with Gasteiger partial charge in [-0.3, -0.25) is 0 Å². The molecule has 0 aliphatic carbocycles. The van der Waals surface area contributed by atoms with Crippen LogP contribution in [0.2, 0.25) is 0 Å². The average Bonchev–Trinajstić information content (AvgIpc) is 2.70. The Morgan fingerprint density at radius 3 is 2.80 bits per heavy atom. The Bertz CT molecular complexity index is 862. The zero-order chi connectivity index (χ0) is 22.3. The number of hydrogen-bond acceptors (Lipinski definition) is 6. The van der Waals surface area contributed by atoms with Crippen molar-refractivity contribution in [1.29, 1.82) is 0 Å². The first-order chi connectivity index (χ1) is 14.2. The SMILES string of the molecule is CCCN(C)C[C@@H]1Oc2cc(C#CCOC)ccc2S(=O)(=O)N([C@H](C)CO)C[C@@H]1C. The van der Waals surface area contributed by atoms with Gasteiger partial charge >= 0.3 is 0 Å². The number of rotatable bonds is 7. The van der Waals surface area contributed by atoms with Gasteiger partial charge < -0.3 is 19.5 Å². The Morgan fingerprint density at radius 1 is 1.43 bits per heavy atom. The number of aliphatic hydroxyl groups excluding tert-OH is 1. The van der Waals surface area contributed by atoms with Gasteiger partial charge in [0.25, 0.3) is 0 Å². The van der Waals surface area contributed by atoms with Gasteiger partial charge in [0, 0.05) is 37.7 Å². The lowest BCUT2D eigenvalue weighted by Gasteiger charge is -2.37. The molecular weight excluding hydrogens is 404 g/mol. The quantitative estimate of drug-likeness (QED) is 0.654. The van der Waals surface area contributed by atoms with Crippen LogP contribution in [0, 0.1) is 17.8 Å². The third-order valence-electron chi connectivity index (χ3n) is 5.21. The molecule has 1 heterocycles. The summed E-state index contributed by atoms with van der Waals surface area (Å²) in [5.41, 5.74) is 0.664. The van der Waals surface area contributed by atoms with Gasteiger partial charge in [-0.1, -0.05) is 25.7 Å². The predicted octanol–water partition coefficient (Wildman–Crippen LogP) is 1.79. The molecule has 2 rings (SSSR count). The maximum atomic E-state index is 13.4. The van der Waals surface area contributed by atoms with Crippen molar-refractivity contribution in [3.63, 3.8) is 0 Å². The molecule has 0 fully saturated rings. The first-order valence-corrected chi connectivity index (χ1v) is 11.8. The molecule has 1 aliphatic rings. The standard InChI is InChI=1S/C22H34N2O5S/c1-6-11-23(4)15-21-17(2)14-24(18(3)16-25)30(26,27)22-10-9-19(8-7-12-28-5)13-20(22)29-21/h9-10,13,17-18,21,25H,6,11-12,14-16H2,1-5H3/t17-,18+,21-/m0/s1. The summed E-state index contributed by atoms with van der Waals surface area (Å²) in [7, 11) is -0.221. The van der Waals surface area contributed by atoms with Crippen LogP contribution in [0.15, 0.2) is 23.1 Å². The molecule has 1 aliphatic heterocycles. The Morgan fingerprint density at radius 2 is 2.17 bits per heavy atom. The summed E-state index contributed by atoms with van der Waals surface area (Å²) in [4.78, 5) is 2.30. The lowest BCUT2D eigenvalue weighted by Crippen LogP contribution is -2.49. The maximum absolute atomic E-state index is 13.4. The van der Waals surface area contributed by atoms with Crippen molar-refractivity contribution in [1.82, 2.24) is 9.21 Å². The summed E-state index contributed by atoms with van der Waals surface area (Å²) >= 11 is 0. The van der Waals surface area contributed by atoms with E-state index in [2.05, 4.69) is 23.7 Å². The highest BCUT2D eigenvalue weighted by molar-refractivity contribution is 7.89. The van der Waals surface area contributed by atoms with E-state index >= 15 is 0 Å². The van der Waals surface area contributed by atoms with Gasteiger partial charge in [0.2, 0.25) is 10.0 Å². The molecular formula is C22H34N2O5S. The summed E-state index contributed by atoms with van der Waals surface area (Å²) < 4.78 is 39.4. The summed E-state index contributed by atoms with van der Waals surface area (Å²) in [6.07, 6.45) is 0.821. The minimum Gasteiger partial charge on any atom is -0.487 e. The van der Waals surface area contributed by atoms with Crippen LogP contribution < -0.4 is 4.74 Å². The van der Waals surface area contributed by atoms with E-state index in [0.29, 0.717) is 24.5 Å². The molecule has 30 heavy (non-hydrogen) atoms. The summed E-state index contributed by atoms with van der Waals surface area (Å²) in [5, 5.41) is 9.69. The summed E-state index contributed by atoms with van der Waals surface area (Å²) in [6, 6.07) is 4.37. The van der Waals surface area contributed by atoms with Crippen LogP contribution in [0.4, 0.5) is 0 Å². The molecule has 0 saturated carbocycles. The molecule has 3 atom stereocenters. The van der Waals surface area contributed by atoms with Gasteiger partial charge in [0.15, 0.2) is 0 Å². The fraction of sp³-hybridized carbons (Fsp3) is 0.636. The number of methoxy groups -OCH3 is 1. The van der Waals surface area contributed by atoms with Gasteiger partial charge in [-0.25, -0.2) is 8.42 Å². The fourth-order valence-corrected chi connectivity index (χ4v) is 5.34. The molecule has 1 aromatic carbocycles. The molecule has 0 saturated heterocycles. The number of hydrogen-bond donors (Lipinski definition) is 1. The predicted molar refractivity (Wildman–Crippen MR) is 117 cm³/mol. The van der Waals surface area contributed by atoms with Crippen LogP contribution in [0.5, 0.6) is 5.75 Å². The summed E-state index contributed by atoms with van der Waals surface area (Å²) in [5.74, 6) is 6.10. The lowest BCUT2D eigenvalue weighted by molar-refractivity contribution is 0.0752. The zero-order valence-electron chi connectivity index (χ0n) is 18.6. The van der Waals surface area contributed by atoms with Crippen LogP contribution in [-0.2, 0) is 14.8 Å². The molecule has 0 unspecified atom stereocenters. The van der Waals surface area contributed by atoms with Crippen molar-refractivity contribution in [2.24, 2.45) is 5.92 Å². The van der Waals surface area contributed by atoms with Crippen molar-refractivity contribution in [2.45, 2.75) is 44.2 Å². The normalized spacial score (nSPS) is 22.2. The second kappa shape index (κ2) is 11.1. The van der Waals surface area contributed by atoms with E-state index in [1.54, 1.807) is 32.2 Å². The monoisotopic (exact) mass is 438 g/mol. The van der Waals surface area contributed by atoms with E-state index < -0.39 is 16.1 Å². The molecule has 0 radical (unpaired) electrons. The number of aliphatic hydroxyl groups is 1. The van der Waals surface area contributed by atoms with Gasteiger partial charge in [0.05, 0.1) is 6.61 Å². The van der Waals surface area contributed by atoms with E-state index in [9.17, 15) is 13.5 Å². The third-order valence-corrected chi connectivity index (χ3v) is 7.23. The molecule has 8 heteroatoms. The van der Waals surface area contributed by atoms with Crippen molar-refractivity contribution in [3.05, 3.63) is 23.8 Å². The van der Waals surface area contributed by atoms with Crippen LogP contribution in [0.25, 0.3) is 0 Å². The molecule has 7 nitrogen and oxygen atoms in total. The van der Waals surface area contributed by atoms with E-state index in [1.807, 2.05) is 14.0 Å². The van der Waals surface area contributed by atoms with E-state index in [0.717, 1.165) is 13.0 Å². The van der Waals surface area contributed by atoms with Crippen LogP contribution in [0.1, 0.15) is 32.8 Å².